The lowest BCUT2D eigenvalue weighted by Gasteiger charge is -2.29. The highest BCUT2D eigenvalue weighted by molar-refractivity contribution is 5.87. The van der Waals surface area contributed by atoms with Crippen LogP contribution in [-0.4, -0.2) is 47.6 Å². The van der Waals surface area contributed by atoms with Crippen LogP contribution in [0.2, 0.25) is 0 Å². The van der Waals surface area contributed by atoms with Gasteiger partial charge in [0, 0.05) is 25.7 Å². The number of benzene rings is 1. The molecule has 4 N–H and O–H groups in total. The Balaban J connectivity index is 1.78. The minimum Gasteiger partial charge on any atom is -0.478 e. The molecule has 1 saturated heterocycles. The average Bonchev–Trinajstić information content (AvgIpc) is 2.48. The Morgan fingerprint density at radius 1 is 1.33 bits per heavy atom. The average molecular weight is 291 g/mol. The lowest BCUT2D eigenvalue weighted by Crippen LogP contribution is -2.44. The van der Waals surface area contributed by atoms with Crippen LogP contribution in [0.3, 0.4) is 0 Å². The molecule has 0 saturated carbocycles. The molecule has 1 amide bonds. The number of likely N-dealkylation sites (tertiary alicyclic amines) is 1. The quantitative estimate of drug-likeness (QED) is 0.731. The van der Waals surface area contributed by atoms with Gasteiger partial charge in [-0.1, -0.05) is 12.1 Å². The number of aromatic carboxylic acids is 1. The molecule has 0 bridgehead atoms. The minimum absolute atomic E-state index is 0.0498. The second-order valence-electron chi connectivity index (χ2n) is 5.40. The van der Waals surface area contributed by atoms with E-state index >= 15 is 0 Å². The summed E-state index contributed by atoms with van der Waals surface area (Å²) < 4.78 is 0. The van der Waals surface area contributed by atoms with E-state index in [4.69, 9.17) is 10.8 Å². The predicted molar refractivity (Wildman–Crippen MR) is 78.9 cm³/mol. The fourth-order valence-electron chi connectivity index (χ4n) is 2.39. The topological polar surface area (TPSA) is 95.7 Å². The van der Waals surface area contributed by atoms with E-state index in [-0.39, 0.29) is 17.5 Å². The maximum Gasteiger partial charge on any atom is 0.335 e. The number of carboxylic acids is 1. The Morgan fingerprint density at radius 3 is 2.71 bits per heavy atom. The summed E-state index contributed by atoms with van der Waals surface area (Å²) in [5.74, 6) is -1.01. The molecule has 1 aromatic carbocycles. The van der Waals surface area contributed by atoms with Gasteiger partial charge in [0.1, 0.15) is 0 Å². The second kappa shape index (κ2) is 7.19. The first-order chi connectivity index (χ1) is 10.0. The Labute approximate surface area is 123 Å². The molecule has 2 rings (SSSR count). The molecule has 0 aromatic heterocycles. The molecule has 1 aliphatic heterocycles. The normalized spacial score (nSPS) is 16.6. The molecule has 6 nitrogen and oxygen atoms in total. The van der Waals surface area contributed by atoms with E-state index in [0.29, 0.717) is 13.1 Å². The van der Waals surface area contributed by atoms with E-state index in [1.165, 1.54) is 6.07 Å². The lowest BCUT2D eigenvalue weighted by molar-refractivity contribution is -0.122. The van der Waals surface area contributed by atoms with Gasteiger partial charge in [-0.05, 0) is 30.5 Å². The van der Waals surface area contributed by atoms with Gasteiger partial charge in [-0.25, -0.2) is 4.79 Å². The van der Waals surface area contributed by atoms with Crippen molar-refractivity contribution in [2.45, 2.75) is 25.4 Å². The number of amides is 1. The summed E-state index contributed by atoms with van der Waals surface area (Å²) in [7, 11) is 0. The van der Waals surface area contributed by atoms with Crippen LogP contribution in [0, 0.1) is 0 Å². The third-order valence-corrected chi connectivity index (χ3v) is 3.66. The molecule has 0 unspecified atom stereocenters. The van der Waals surface area contributed by atoms with Crippen molar-refractivity contribution in [3.05, 3.63) is 35.4 Å². The number of carbonyl (C=O) groups is 2. The number of carboxylic acid groups (broad SMARTS) is 1. The highest BCUT2D eigenvalue weighted by Crippen LogP contribution is 2.08. The van der Waals surface area contributed by atoms with E-state index in [1.807, 2.05) is 0 Å². The molecule has 1 aromatic rings. The first-order valence-electron chi connectivity index (χ1n) is 7.11. The fraction of sp³-hybridized carbons (Fsp3) is 0.467. The molecule has 1 fully saturated rings. The van der Waals surface area contributed by atoms with Gasteiger partial charge < -0.3 is 16.2 Å². The van der Waals surface area contributed by atoms with E-state index in [1.54, 1.807) is 18.2 Å². The van der Waals surface area contributed by atoms with Crippen molar-refractivity contribution >= 4 is 11.9 Å². The molecule has 0 radical (unpaired) electrons. The zero-order chi connectivity index (χ0) is 15.2. The second-order valence-corrected chi connectivity index (χ2v) is 5.40. The summed E-state index contributed by atoms with van der Waals surface area (Å²) in [6.45, 7) is 2.41. The van der Waals surface area contributed by atoms with Crippen molar-refractivity contribution in [1.29, 1.82) is 0 Å². The monoisotopic (exact) mass is 291 g/mol. The van der Waals surface area contributed by atoms with Crippen molar-refractivity contribution in [1.82, 2.24) is 10.2 Å². The Kier molecular flexibility index (Phi) is 5.30. The van der Waals surface area contributed by atoms with Gasteiger partial charge >= 0.3 is 5.97 Å². The molecule has 0 spiro atoms. The number of nitrogens with two attached hydrogens (primary N) is 1. The van der Waals surface area contributed by atoms with E-state index in [2.05, 4.69) is 10.2 Å². The number of carbonyl (C=O) groups excluding carboxylic acids is 1. The Bertz CT molecular complexity index is 511. The molecule has 0 atom stereocenters. The van der Waals surface area contributed by atoms with Crippen molar-refractivity contribution in [2.24, 2.45) is 5.73 Å². The summed E-state index contributed by atoms with van der Waals surface area (Å²) in [5.41, 5.74) is 6.84. The van der Waals surface area contributed by atoms with Crippen LogP contribution in [0.25, 0.3) is 0 Å². The van der Waals surface area contributed by atoms with Crippen LogP contribution in [0.4, 0.5) is 0 Å². The SMILES string of the molecule is NC1CCN(CC(=O)NCc2cccc(C(=O)O)c2)CC1. The molecule has 114 valence electrons. The maximum absolute atomic E-state index is 11.9. The van der Waals surface area contributed by atoms with Gasteiger partial charge in [-0.15, -0.1) is 0 Å². The molecular formula is C15H21N3O3. The predicted octanol–water partition coefficient (Wildman–Crippen LogP) is 0.424. The Morgan fingerprint density at radius 2 is 2.05 bits per heavy atom. The summed E-state index contributed by atoms with van der Waals surface area (Å²) >= 11 is 0. The number of nitrogens with one attached hydrogen (secondary N) is 1. The first-order valence-corrected chi connectivity index (χ1v) is 7.11. The summed E-state index contributed by atoms with van der Waals surface area (Å²) in [6.07, 6.45) is 1.85. The molecule has 1 heterocycles. The largest absolute Gasteiger partial charge is 0.478 e. The van der Waals surface area contributed by atoms with Gasteiger partial charge in [0.05, 0.1) is 12.1 Å². The van der Waals surface area contributed by atoms with Crippen LogP contribution in [0.5, 0.6) is 0 Å². The number of rotatable bonds is 5. The first kappa shape index (κ1) is 15.5. The van der Waals surface area contributed by atoms with Crippen molar-refractivity contribution in [2.75, 3.05) is 19.6 Å². The number of hydrogen-bond donors (Lipinski definition) is 3. The molecule has 21 heavy (non-hydrogen) atoms. The molecule has 6 heteroatoms. The van der Waals surface area contributed by atoms with Crippen LogP contribution >= 0.6 is 0 Å². The maximum atomic E-state index is 11.9. The van der Waals surface area contributed by atoms with Crippen molar-refractivity contribution in [3.63, 3.8) is 0 Å². The third kappa shape index (κ3) is 4.84. The Hall–Kier alpha value is -1.92. The van der Waals surface area contributed by atoms with Crippen molar-refractivity contribution in [3.8, 4) is 0 Å². The molecule has 1 aliphatic rings. The standard InChI is InChI=1S/C15H21N3O3/c16-13-4-6-18(7-5-13)10-14(19)17-9-11-2-1-3-12(8-11)15(20)21/h1-3,8,13H,4-7,9-10,16H2,(H,17,19)(H,20,21). The smallest absolute Gasteiger partial charge is 0.335 e. The van der Waals surface area contributed by atoms with Gasteiger partial charge in [0.2, 0.25) is 5.91 Å². The van der Waals surface area contributed by atoms with Crippen molar-refractivity contribution < 1.29 is 14.7 Å². The number of nitrogens with zero attached hydrogens (tertiary/aromatic N) is 1. The summed E-state index contributed by atoms with van der Waals surface area (Å²) in [6, 6.07) is 6.83. The van der Waals surface area contributed by atoms with Crippen LogP contribution in [0.1, 0.15) is 28.8 Å². The zero-order valence-electron chi connectivity index (χ0n) is 11.9. The fourth-order valence-corrected chi connectivity index (χ4v) is 2.39. The third-order valence-electron chi connectivity index (χ3n) is 3.66. The van der Waals surface area contributed by atoms with Crippen LogP contribution in [0.15, 0.2) is 24.3 Å². The van der Waals surface area contributed by atoms with Gasteiger partial charge in [0.15, 0.2) is 0 Å². The minimum atomic E-state index is -0.965. The summed E-state index contributed by atoms with van der Waals surface area (Å²) in [4.78, 5) is 24.9. The van der Waals surface area contributed by atoms with Gasteiger partial charge in [-0.2, -0.15) is 0 Å². The van der Waals surface area contributed by atoms with E-state index < -0.39 is 5.97 Å². The number of piperidine rings is 1. The summed E-state index contributed by atoms with van der Waals surface area (Å²) in [5, 5.41) is 11.7. The molecule has 0 aliphatic carbocycles. The number of hydrogen-bond acceptors (Lipinski definition) is 4. The van der Waals surface area contributed by atoms with Gasteiger partial charge in [0.25, 0.3) is 0 Å². The van der Waals surface area contributed by atoms with Crippen LogP contribution < -0.4 is 11.1 Å². The van der Waals surface area contributed by atoms with E-state index in [0.717, 1.165) is 31.5 Å². The van der Waals surface area contributed by atoms with Crippen LogP contribution in [-0.2, 0) is 11.3 Å². The zero-order valence-corrected chi connectivity index (χ0v) is 11.9. The lowest BCUT2D eigenvalue weighted by atomic mass is 10.1. The highest BCUT2D eigenvalue weighted by Gasteiger charge is 2.17. The molecular weight excluding hydrogens is 270 g/mol. The highest BCUT2D eigenvalue weighted by atomic mass is 16.4. The van der Waals surface area contributed by atoms with Gasteiger partial charge in [-0.3, -0.25) is 9.69 Å². The van der Waals surface area contributed by atoms with E-state index in [9.17, 15) is 9.59 Å².